The molecule has 0 aliphatic carbocycles. The van der Waals surface area contributed by atoms with Gasteiger partial charge in [-0.3, -0.25) is 9.98 Å². The van der Waals surface area contributed by atoms with Crippen LogP contribution in [-0.4, -0.2) is 30.5 Å². The molecule has 0 fully saturated rings. The lowest BCUT2D eigenvalue weighted by Gasteiger charge is -2.21. The van der Waals surface area contributed by atoms with E-state index in [0.717, 1.165) is 18.0 Å². The van der Waals surface area contributed by atoms with Crippen LogP contribution in [-0.2, 0) is 0 Å². The predicted octanol–water partition coefficient (Wildman–Crippen LogP) is 2.70. The molecule has 0 amide bonds. The number of amidine groups is 1. The summed E-state index contributed by atoms with van der Waals surface area (Å²) in [4.78, 5) is 10.3. The highest BCUT2D eigenvalue weighted by atomic mass is 15.2. The van der Waals surface area contributed by atoms with Crippen LogP contribution in [0.3, 0.4) is 0 Å². The van der Waals surface area contributed by atoms with Gasteiger partial charge in [-0.05, 0) is 33.9 Å². The molecular weight excluding hydrogens is 174 g/mol. The van der Waals surface area contributed by atoms with E-state index in [0.29, 0.717) is 6.04 Å². The number of hydrogen-bond donors (Lipinski definition) is 0. The Hall–Kier alpha value is -1.12. The average Bonchev–Trinajstić information content (AvgIpc) is 2.12. The summed E-state index contributed by atoms with van der Waals surface area (Å²) in [6, 6.07) is 0.326. The molecule has 0 saturated heterocycles. The molecule has 0 aliphatic rings. The molecular formula is C11H21N3. The van der Waals surface area contributed by atoms with Crippen molar-refractivity contribution in [2.24, 2.45) is 9.98 Å². The first-order valence-corrected chi connectivity index (χ1v) is 4.95. The Morgan fingerprint density at radius 1 is 1.50 bits per heavy atom. The molecule has 0 unspecified atom stereocenters. The summed E-state index contributed by atoms with van der Waals surface area (Å²) in [6.45, 7) is 11.7. The Bertz CT molecular complexity index is 239. The highest BCUT2D eigenvalue weighted by Gasteiger charge is 2.05. The summed E-state index contributed by atoms with van der Waals surface area (Å²) >= 11 is 0. The summed E-state index contributed by atoms with van der Waals surface area (Å²) < 4.78 is 0. The van der Waals surface area contributed by atoms with E-state index in [9.17, 15) is 0 Å². The second-order valence-electron chi connectivity index (χ2n) is 3.49. The third-order valence-corrected chi connectivity index (χ3v) is 1.96. The summed E-state index contributed by atoms with van der Waals surface area (Å²) in [7, 11) is 2.00. The van der Waals surface area contributed by atoms with E-state index in [1.54, 1.807) is 6.20 Å². The van der Waals surface area contributed by atoms with Crippen molar-refractivity contribution in [3.8, 4) is 0 Å². The van der Waals surface area contributed by atoms with Crippen molar-refractivity contribution in [2.75, 3.05) is 7.05 Å². The van der Waals surface area contributed by atoms with Crippen LogP contribution in [0.4, 0.5) is 0 Å². The molecule has 0 aromatic rings. The highest BCUT2D eigenvalue weighted by Crippen LogP contribution is 2.08. The molecule has 0 N–H and O–H groups in total. The summed E-state index contributed by atoms with van der Waals surface area (Å²) in [5, 5.41) is 0. The smallest absolute Gasteiger partial charge is 0.1000 e. The van der Waals surface area contributed by atoms with E-state index >= 15 is 0 Å². The van der Waals surface area contributed by atoms with E-state index in [1.165, 1.54) is 0 Å². The normalized spacial score (nSPS) is 13.3. The minimum absolute atomic E-state index is 0.326. The van der Waals surface area contributed by atoms with E-state index in [-0.39, 0.29) is 0 Å². The van der Waals surface area contributed by atoms with Gasteiger partial charge in [-0.15, -0.1) is 0 Å². The molecule has 3 nitrogen and oxygen atoms in total. The molecule has 0 aliphatic heterocycles. The monoisotopic (exact) mass is 195 g/mol. The molecule has 0 heterocycles. The molecule has 0 atom stereocenters. The number of rotatable bonds is 4. The molecule has 80 valence electrons. The Morgan fingerprint density at radius 2 is 2.07 bits per heavy atom. The van der Waals surface area contributed by atoms with Crippen molar-refractivity contribution >= 4 is 12.6 Å². The Morgan fingerprint density at radius 3 is 2.43 bits per heavy atom. The molecule has 0 aromatic heterocycles. The lowest BCUT2D eigenvalue weighted by Crippen LogP contribution is -2.24. The van der Waals surface area contributed by atoms with Crippen molar-refractivity contribution in [1.29, 1.82) is 0 Å². The zero-order chi connectivity index (χ0) is 11.1. The quantitative estimate of drug-likeness (QED) is 0.500. The van der Waals surface area contributed by atoms with Gasteiger partial charge in [0, 0.05) is 25.0 Å². The third kappa shape index (κ3) is 4.21. The van der Waals surface area contributed by atoms with Crippen molar-refractivity contribution in [3.63, 3.8) is 0 Å². The molecule has 0 bridgehead atoms. The predicted molar refractivity (Wildman–Crippen MR) is 63.9 cm³/mol. The summed E-state index contributed by atoms with van der Waals surface area (Å²) in [6.07, 6.45) is 2.71. The van der Waals surface area contributed by atoms with Gasteiger partial charge in [0.15, 0.2) is 0 Å². The van der Waals surface area contributed by atoms with E-state index in [4.69, 9.17) is 0 Å². The fourth-order valence-corrected chi connectivity index (χ4v) is 1.19. The fraction of sp³-hybridized carbons (Fsp3) is 0.636. The first-order valence-electron chi connectivity index (χ1n) is 4.95. The van der Waals surface area contributed by atoms with Crippen molar-refractivity contribution in [1.82, 2.24) is 4.90 Å². The molecule has 0 spiro atoms. The van der Waals surface area contributed by atoms with Gasteiger partial charge < -0.3 is 4.90 Å². The maximum Gasteiger partial charge on any atom is 0.1000 e. The van der Waals surface area contributed by atoms with Crippen molar-refractivity contribution in [2.45, 2.75) is 40.2 Å². The maximum absolute atomic E-state index is 4.47. The van der Waals surface area contributed by atoms with Crippen LogP contribution in [0.5, 0.6) is 0 Å². The number of nitrogens with zero attached hydrogens (tertiary/aromatic N) is 3. The first kappa shape index (κ1) is 12.9. The SMILES string of the molecule is C=N/C=C(\CC)N(C)C(C)=NC(C)C. The van der Waals surface area contributed by atoms with Gasteiger partial charge in [-0.25, -0.2) is 0 Å². The molecule has 0 aromatic carbocycles. The van der Waals surface area contributed by atoms with Crippen LogP contribution in [0.25, 0.3) is 0 Å². The van der Waals surface area contributed by atoms with E-state index < -0.39 is 0 Å². The van der Waals surface area contributed by atoms with Gasteiger partial charge in [0.2, 0.25) is 0 Å². The minimum atomic E-state index is 0.326. The standard InChI is InChI=1S/C11H21N3/c1-7-11(8-12-5)14(6)10(4)13-9(2)3/h8-9H,5,7H2,1-4,6H3/b11-8+,13-10?. The number of aliphatic imine (C=N–C) groups is 2. The van der Waals surface area contributed by atoms with Gasteiger partial charge in [-0.1, -0.05) is 6.92 Å². The van der Waals surface area contributed by atoms with Crippen LogP contribution < -0.4 is 0 Å². The van der Waals surface area contributed by atoms with Gasteiger partial charge >= 0.3 is 0 Å². The van der Waals surface area contributed by atoms with Gasteiger partial charge in [-0.2, -0.15) is 0 Å². The van der Waals surface area contributed by atoms with Gasteiger partial charge in [0.1, 0.15) is 0 Å². The second kappa shape index (κ2) is 6.35. The Balaban J connectivity index is 4.66. The summed E-state index contributed by atoms with van der Waals surface area (Å²) in [5.74, 6) is 1.01. The Kier molecular flexibility index (Phi) is 5.84. The van der Waals surface area contributed by atoms with Crippen LogP contribution in [0.15, 0.2) is 21.9 Å². The molecule has 0 rings (SSSR count). The fourth-order valence-electron chi connectivity index (χ4n) is 1.19. The number of allylic oxidation sites excluding steroid dienone is 1. The summed E-state index contributed by atoms with van der Waals surface area (Å²) in [5.41, 5.74) is 1.13. The van der Waals surface area contributed by atoms with Gasteiger partial charge in [0.25, 0.3) is 0 Å². The van der Waals surface area contributed by atoms with E-state index in [2.05, 4.69) is 42.4 Å². The van der Waals surface area contributed by atoms with E-state index in [1.807, 2.05) is 14.0 Å². The van der Waals surface area contributed by atoms with Crippen molar-refractivity contribution in [3.05, 3.63) is 11.9 Å². The second-order valence-corrected chi connectivity index (χ2v) is 3.49. The zero-order valence-corrected chi connectivity index (χ0v) is 9.91. The average molecular weight is 195 g/mol. The Labute approximate surface area is 87.2 Å². The number of hydrogen-bond acceptors (Lipinski definition) is 2. The van der Waals surface area contributed by atoms with Crippen LogP contribution in [0.2, 0.25) is 0 Å². The minimum Gasteiger partial charge on any atom is -0.336 e. The molecule has 0 radical (unpaired) electrons. The molecule has 0 saturated carbocycles. The van der Waals surface area contributed by atoms with Gasteiger partial charge in [0.05, 0.1) is 5.84 Å². The lowest BCUT2D eigenvalue weighted by molar-refractivity contribution is 0.584. The van der Waals surface area contributed by atoms with Crippen LogP contribution in [0, 0.1) is 0 Å². The largest absolute Gasteiger partial charge is 0.336 e. The van der Waals surface area contributed by atoms with Crippen LogP contribution in [0.1, 0.15) is 34.1 Å². The first-order chi connectivity index (χ1) is 6.52. The topological polar surface area (TPSA) is 28.0 Å². The van der Waals surface area contributed by atoms with Crippen molar-refractivity contribution < 1.29 is 0 Å². The molecule has 14 heavy (non-hydrogen) atoms. The lowest BCUT2D eigenvalue weighted by atomic mass is 10.3. The van der Waals surface area contributed by atoms with Crippen LogP contribution >= 0.6 is 0 Å². The maximum atomic E-state index is 4.47. The molecule has 3 heteroatoms. The zero-order valence-electron chi connectivity index (χ0n) is 9.91. The third-order valence-electron chi connectivity index (χ3n) is 1.96. The highest BCUT2D eigenvalue weighted by molar-refractivity contribution is 5.81.